The Hall–Kier alpha value is -0.810. The van der Waals surface area contributed by atoms with Crippen LogP contribution in [0.5, 0.6) is 0 Å². The lowest BCUT2D eigenvalue weighted by Gasteiger charge is -2.08. The Bertz CT molecular complexity index is 596. The van der Waals surface area contributed by atoms with Crippen LogP contribution in [0.25, 0.3) is 5.69 Å². The summed E-state index contributed by atoms with van der Waals surface area (Å²) >= 11 is 6.73. The molecule has 1 aromatic heterocycles. The van der Waals surface area contributed by atoms with Crippen molar-refractivity contribution in [2.24, 2.45) is 7.05 Å². The Morgan fingerprint density at radius 2 is 1.82 bits per heavy atom. The molecule has 0 bridgehead atoms. The van der Waals surface area contributed by atoms with Gasteiger partial charge in [0.15, 0.2) is 0 Å². The van der Waals surface area contributed by atoms with Crippen molar-refractivity contribution >= 4 is 31.9 Å². The Morgan fingerprint density at radius 1 is 1.24 bits per heavy atom. The van der Waals surface area contributed by atoms with Crippen LogP contribution in [0, 0.1) is 6.92 Å². The van der Waals surface area contributed by atoms with E-state index in [1.807, 2.05) is 42.9 Å². The molecule has 2 aromatic rings. The molecule has 0 radical (unpaired) electrons. The lowest BCUT2D eigenvalue weighted by atomic mass is 10.2. The van der Waals surface area contributed by atoms with Crippen LogP contribution < -0.4 is 5.56 Å². The molecule has 3 nitrogen and oxygen atoms in total. The Morgan fingerprint density at radius 3 is 2.29 bits per heavy atom. The molecule has 90 valence electrons. The van der Waals surface area contributed by atoms with Crippen molar-refractivity contribution in [1.82, 2.24) is 9.36 Å². The molecule has 1 aromatic carbocycles. The molecule has 0 aliphatic carbocycles. The molecule has 0 saturated heterocycles. The molecule has 5 heteroatoms. The van der Waals surface area contributed by atoms with Crippen LogP contribution in [0.1, 0.15) is 11.3 Å². The average Bonchev–Trinajstić information content (AvgIpc) is 2.52. The highest BCUT2D eigenvalue weighted by Gasteiger charge is 2.15. The van der Waals surface area contributed by atoms with Gasteiger partial charge in [0.05, 0.1) is 11.4 Å². The standard InChI is InChI=1S/C12H12Br2N2O/c1-8-3-5-9(6-4-8)16-12(17)11(14)10(7-13)15(16)2/h3-6H,7H2,1-2H3. The molecule has 17 heavy (non-hydrogen) atoms. The van der Waals surface area contributed by atoms with Crippen molar-refractivity contribution in [1.29, 1.82) is 0 Å². The monoisotopic (exact) mass is 358 g/mol. The van der Waals surface area contributed by atoms with Crippen LogP contribution in [-0.2, 0) is 12.4 Å². The summed E-state index contributed by atoms with van der Waals surface area (Å²) in [5.41, 5.74) is 2.94. The van der Waals surface area contributed by atoms with Gasteiger partial charge in [-0.25, -0.2) is 4.68 Å². The molecule has 0 saturated carbocycles. The van der Waals surface area contributed by atoms with Gasteiger partial charge in [-0.3, -0.25) is 9.48 Å². The van der Waals surface area contributed by atoms with E-state index in [1.54, 1.807) is 4.68 Å². The third kappa shape index (κ3) is 2.13. The van der Waals surface area contributed by atoms with Crippen molar-refractivity contribution in [3.05, 3.63) is 50.3 Å². The number of hydrogen-bond acceptors (Lipinski definition) is 1. The van der Waals surface area contributed by atoms with Gasteiger partial charge in [0.25, 0.3) is 5.56 Å². The zero-order valence-corrected chi connectivity index (χ0v) is 12.7. The second kappa shape index (κ2) is 4.82. The smallest absolute Gasteiger partial charge is 0.283 e. The summed E-state index contributed by atoms with van der Waals surface area (Å²) in [4.78, 5) is 12.1. The molecule has 0 amide bonds. The fraction of sp³-hybridized carbons (Fsp3) is 0.250. The zero-order chi connectivity index (χ0) is 12.6. The normalized spacial score (nSPS) is 10.8. The van der Waals surface area contributed by atoms with Crippen LogP contribution >= 0.6 is 31.9 Å². The number of hydrogen-bond donors (Lipinski definition) is 0. The highest BCUT2D eigenvalue weighted by molar-refractivity contribution is 9.10. The minimum Gasteiger partial charge on any atom is -0.283 e. The minimum atomic E-state index is -0.0363. The fourth-order valence-corrected chi connectivity index (χ4v) is 3.32. The summed E-state index contributed by atoms with van der Waals surface area (Å²) < 4.78 is 4.11. The van der Waals surface area contributed by atoms with Crippen molar-refractivity contribution in [2.45, 2.75) is 12.3 Å². The maximum absolute atomic E-state index is 12.1. The number of aromatic nitrogens is 2. The summed E-state index contributed by atoms with van der Waals surface area (Å²) in [7, 11) is 1.88. The number of benzene rings is 1. The van der Waals surface area contributed by atoms with E-state index < -0.39 is 0 Å². The van der Waals surface area contributed by atoms with Gasteiger partial charge in [-0.1, -0.05) is 33.6 Å². The van der Waals surface area contributed by atoms with Crippen LogP contribution in [0.2, 0.25) is 0 Å². The second-order valence-electron chi connectivity index (χ2n) is 3.87. The van der Waals surface area contributed by atoms with E-state index in [0.29, 0.717) is 9.80 Å². The third-order valence-electron chi connectivity index (χ3n) is 2.73. The van der Waals surface area contributed by atoms with Gasteiger partial charge in [0.2, 0.25) is 0 Å². The summed E-state index contributed by atoms with van der Waals surface area (Å²) in [6.07, 6.45) is 0. The van der Waals surface area contributed by atoms with Gasteiger partial charge in [-0.2, -0.15) is 0 Å². The highest BCUT2D eigenvalue weighted by atomic mass is 79.9. The first-order chi connectivity index (χ1) is 8.06. The number of rotatable bonds is 2. The van der Waals surface area contributed by atoms with Gasteiger partial charge in [-0.05, 0) is 35.0 Å². The molecule has 0 aliphatic rings. The molecule has 0 fully saturated rings. The molecule has 0 atom stereocenters. The first-order valence-electron chi connectivity index (χ1n) is 5.15. The van der Waals surface area contributed by atoms with Gasteiger partial charge >= 0.3 is 0 Å². The van der Waals surface area contributed by atoms with Crippen LogP contribution in [0.15, 0.2) is 33.5 Å². The molecule has 0 spiro atoms. The van der Waals surface area contributed by atoms with Crippen molar-refractivity contribution in [3.63, 3.8) is 0 Å². The largest absolute Gasteiger partial charge is 0.286 e. The summed E-state index contributed by atoms with van der Waals surface area (Å²) in [5, 5.41) is 0.637. The predicted molar refractivity (Wildman–Crippen MR) is 76.1 cm³/mol. The van der Waals surface area contributed by atoms with Crippen molar-refractivity contribution < 1.29 is 0 Å². The maximum Gasteiger partial charge on any atom is 0.286 e. The molecule has 0 N–H and O–H groups in total. The van der Waals surface area contributed by atoms with Crippen LogP contribution in [-0.4, -0.2) is 9.36 Å². The van der Waals surface area contributed by atoms with Gasteiger partial charge in [0, 0.05) is 12.4 Å². The van der Waals surface area contributed by atoms with Crippen molar-refractivity contribution in [2.75, 3.05) is 0 Å². The first kappa shape index (κ1) is 12.6. The Labute approximate surface area is 116 Å². The summed E-state index contributed by atoms with van der Waals surface area (Å²) in [6, 6.07) is 7.88. The Balaban J connectivity index is 2.68. The van der Waals surface area contributed by atoms with E-state index in [2.05, 4.69) is 31.9 Å². The lowest BCUT2D eigenvalue weighted by Crippen LogP contribution is -2.19. The van der Waals surface area contributed by atoms with E-state index in [4.69, 9.17) is 0 Å². The lowest BCUT2D eigenvalue weighted by molar-refractivity contribution is 0.628. The molecular weight excluding hydrogens is 348 g/mol. The van der Waals surface area contributed by atoms with E-state index in [0.717, 1.165) is 11.4 Å². The average molecular weight is 360 g/mol. The van der Waals surface area contributed by atoms with Gasteiger partial charge in [0.1, 0.15) is 4.47 Å². The second-order valence-corrected chi connectivity index (χ2v) is 5.22. The van der Waals surface area contributed by atoms with E-state index >= 15 is 0 Å². The molecule has 0 unspecified atom stereocenters. The molecular formula is C12H12Br2N2O. The highest BCUT2D eigenvalue weighted by Crippen LogP contribution is 2.18. The molecule has 0 aliphatic heterocycles. The van der Waals surface area contributed by atoms with Gasteiger partial charge in [-0.15, -0.1) is 0 Å². The Kier molecular flexibility index (Phi) is 3.58. The first-order valence-corrected chi connectivity index (χ1v) is 7.07. The van der Waals surface area contributed by atoms with Crippen molar-refractivity contribution in [3.8, 4) is 5.69 Å². The van der Waals surface area contributed by atoms with Gasteiger partial charge < -0.3 is 0 Å². The number of nitrogens with zero attached hydrogens (tertiary/aromatic N) is 2. The quantitative estimate of drug-likeness (QED) is 0.756. The number of halogens is 2. The SMILES string of the molecule is Cc1ccc(-n2c(=O)c(Br)c(CBr)n2C)cc1. The van der Waals surface area contributed by atoms with Crippen LogP contribution in [0.4, 0.5) is 0 Å². The summed E-state index contributed by atoms with van der Waals surface area (Å²) in [6.45, 7) is 2.03. The van der Waals surface area contributed by atoms with Crippen LogP contribution in [0.3, 0.4) is 0 Å². The molecule has 1 heterocycles. The number of alkyl halides is 1. The fourth-order valence-electron chi connectivity index (χ4n) is 1.74. The predicted octanol–water partition coefficient (Wildman–Crippen LogP) is 3.14. The zero-order valence-electron chi connectivity index (χ0n) is 9.58. The number of aryl methyl sites for hydroxylation is 1. The topological polar surface area (TPSA) is 26.9 Å². The molecule has 2 rings (SSSR count). The maximum atomic E-state index is 12.1. The third-order valence-corrected chi connectivity index (χ3v) is 4.06. The minimum absolute atomic E-state index is 0.0363. The van der Waals surface area contributed by atoms with E-state index in [-0.39, 0.29) is 5.56 Å². The van der Waals surface area contributed by atoms with E-state index in [1.165, 1.54) is 5.56 Å². The summed E-state index contributed by atoms with van der Waals surface area (Å²) in [5.74, 6) is 0. The van der Waals surface area contributed by atoms with E-state index in [9.17, 15) is 4.79 Å².